The maximum atomic E-state index is 12.5. The zero-order valence-corrected chi connectivity index (χ0v) is 46.5. The minimum absolute atomic E-state index is 0.0371. The van der Waals surface area contributed by atoms with Crippen LogP contribution in [0.2, 0.25) is 0 Å². The third-order valence-corrected chi connectivity index (χ3v) is 13.8. The first-order valence-corrected chi connectivity index (χ1v) is 30.6. The van der Waals surface area contributed by atoms with E-state index in [9.17, 15) is 19.8 Å². The Morgan fingerprint density at radius 3 is 1.20 bits per heavy atom. The summed E-state index contributed by atoms with van der Waals surface area (Å²) in [5.41, 5.74) is 0. The van der Waals surface area contributed by atoms with Crippen LogP contribution in [0, 0.1) is 0 Å². The Labute approximate surface area is 435 Å². The summed E-state index contributed by atoms with van der Waals surface area (Å²) in [6.45, 7) is 4.82. The van der Waals surface area contributed by atoms with Gasteiger partial charge < -0.3 is 20.3 Å². The lowest BCUT2D eigenvalue weighted by Gasteiger charge is -2.20. The zero-order valence-electron chi connectivity index (χ0n) is 46.5. The Balaban J connectivity index is 3.56. The first kappa shape index (κ1) is 67.6. The summed E-state index contributed by atoms with van der Waals surface area (Å²) in [6.07, 6.45) is 76.8. The van der Waals surface area contributed by atoms with Crippen molar-refractivity contribution in [2.24, 2.45) is 0 Å². The molecule has 3 N–H and O–H groups in total. The van der Waals surface area contributed by atoms with Crippen molar-refractivity contribution in [3.05, 3.63) is 60.8 Å². The number of carbonyl (C=O) groups is 2. The van der Waals surface area contributed by atoms with Crippen LogP contribution >= 0.6 is 0 Å². The number of carbonyl (C=O) groups excluding carboxylic acids is 2. The quantitative estimate of drug-likeness (QED) is 0.0244. The molecule has 0 aliphatic rings. The van der Waals surface area contributed by atoms with E-state index >= 15 is 0 Å². The van der Waals surface area contributed by atoms with Gasteiger partial charge in [0, 0.05) is 12.8 Å². The Kier molecular flexibility index (Phi) is 57.1. The number of allylic oxidation sites excluding steroid dienone is 9. The molecule has 0 saturated carbocycles. The summed E-state index contributed by atoms with van der Waals surface area (Å²) in [7, 11) is 0. The summed E-state index contributed by atoms with van der Waals surface area (Å²) < 4.78 is 5.44. The molecular weight excluding hydrogens is 863 g/mol. The van der Waals surface area contributed by atoms with Crippen LogP contribution in [0.1, 0.15) is 309 Å². The molecule has 2 atom stereocenters. The van der Waals surface area contributed by atoms with E-state index in [0.29, 0.717) is 19.4 Å². The van der Waals surface area contributed by atoms with Crippen LogP contribution < -0.4 is 5.32 Å². The van der Waals surface area contributed by atoms with E-state index in [1.54, 1.807) is 6.08 Å². The average Bonchev–Trinajstić information content (AvgIpc) is 3.36. The molecule has 70 heavy (non-hydrogen) atoms. The minimum Gasteiger partial charge on any atom is -0.466 e. The molecule has 0 aliphatic heterocycles. The van der Waals surface area contributed by atoms with E-state index in [4.69, 9.17) is 4.74 Å². The second-order valence-electron chi connectivity index (χ2n) is 20.7. The molecule has 0 fully saturated rings. The maximum Gasteiger partial charge on any atom is 0.305 e. The van der Waals surface area contributed by atoms with Crippen LogP contribution in [0.5, 0.6) is 0 Å². The Morgan fingerprint density at radius 1 is 0.414 bits per heavy atom. The van der Waals surface area contributed by atoms with Crippen molar-refractivity contribution in [2.75, 3.05) is 13.2 Å². The third kappa shape index (κ3) is 54.9. The molecule has 0 aromatic rings. The second-order valence-corrected chi connectivity index (χ2v) is 20.7. The highest BCUT2D eigenvalue weighted by molar-refractivity contribution is 5.76. The van der Waals surface area contributed by atoms with Crippen LogP contribution in [0.25, 0.3) is 0 Å². The van der Waals surface area contributed by atoms with Crippen LogP contribution in [0.3, 0.4) is 0 Å². The van der Waals surface area contributed by atoms with Crippen LogP contribution in [0.15, 0.2) is 60.8 Å². The largest absolute Gasteiger partial charge is 0.466 e. The predicted octanol–water partition coefficient (Wildman–Crippen LogP) is 19.1. The lowest BCUT2D eigenvalue weighted by Crippen LogP contribution is -2.45. The highest BCUT2D eigenvalue weighted by Gasteiger charge is 2.18. The number of esters is 1. The molecule has 408 valence electrons. The number of amides is 1. The molecule has 6 nitrogen and oxygen atoms in total. The summed E-state index contributed by atoms with van der Waals surface area (Å²) in [6, 6.07) is -0.648. The number of nitrogens with one attached hydrogen (secondary N) is 1. The number of aliphatic hydroxyl groups excluding tert-OH is 2. The predicted molar refractivity (Wildman–Crippen MR) is 305 cm³/mol. The molecule has 0 aromatic carbocycles. The van der Waals surface area contributed by atoms with Gasteiger partial charge in [0.1, 0.15) is 0 Å². The van der Waals surface area contributed by atoms with Gasteiger partial charge in [0.2, 0.25) is 5.91 Å². The van der Waals surface area contributed by atoms with Gasteiger partial charge in [-0.25, -0.2) is 0 Å². The molecule has 6 heteroatoms. The molecule has 1 amide bonds. The van der Waals surface area contributed by atoms with Gasteiger partial charge in [0.15, 0.2) is 0 Å². The normalized spacial score (nSPS) is 13.0. The van der Waals surface area contributed by atoms with Crippen LogP contribution in [-0.2, 0) is 14.3 Å². The smallest absolute Gasteiger partial charge is 0.305 e. The first-order valence-electron chi connectivity index (χ1n) is 30.6. The molecule has 0 rings (SSSR count). The number of hydrogen-bond donors (Lipinski definition) is 3. The molecule has 0 bridgehead atoms. The van der Waals surface area contributed by atoms with Crippen LogP contribution in [0.4, 0.5) is 0 Å². The standard InChI is InChI=1S/C64H117NO5/c1-3-5-7-9-11-13-15-17-19-20-21-22-23-24-25-26-29-32-36-40-44-48-52-56-62(67)61(60-66)65-63(68)57-53-49-45-41-37-33-30-27-31-35-39-43-47-51-55-59-70-64(69)58-54-50-46-42-38-34-28-18-16-14-12-10-8-6-4-2/h12,14,18,27-28,31,35,39,52,56,61-62,66-67H,3-11,13,15-17,19-26,29-30,32-34,36-38,40-51,53-55,57-60H2,1-2H3,(H,65,68)/b14-12-,28-18-,31-27-,39-35-,56-52+. The SMILES string of the molecule is CCCCC/C=C\C/C=C\CCCCCCCC(=O)OCCCCC/C=C\C=C/CCCCCCCCC(=O)NC(CO)C(O)/C=C/CCCCCCCCCCCCCCCCCCCCCCC. The van der Waals surface area contributed by atoms with E-state index in [-0.39, 0.29) is 18.5 Å². The van der Waals surface area contributed by atoms with Gasteiger partial charge in [-0.05, 0) is 96.3 Å². The molecular formula is C64H117NO5. The summed E-state index contributed by atoms with van der Waals surface area (Å²) >= 11 is 0. The van der Waals surface area contributed by atoms with Crippen molar-refractivity contribution < 1.29 is 24.5 Å². The number of unbranched alkanes of at least 4 members (excludes halogenated alkanes) is 38. The highest BCUT2D eigenvalue weighted by Crippen LogP contribution is 2.16. The summed E-state index contributed by atoms with van der Waals surface area (Å²) in [4.78, 5) is 24.5. The monoisotopic (exact) mass is 980 g/mol. The Morgan fingerprint density at radius 2 is 0.757 bits per heavy atom. The molecule has 0 heterocycles. The van der Waals surface area contributed by atoms with Gasteiger partial charge in [0.25, 0.3) is 0 Å². The van der Waals surface area contributed by atoms with Gasteiger partial charge in [-0.3, -0.25) is 9.59 Å². The van der Waals surface area contributed by atoms with Gasteiger partial charge in [0.05, 0.1) is 25.4 Å². The third-order valence-electron chi connectivity index (χ3n) is 13.8. The van der Waals surface area contributed by atoms with Crippen molar-refractivity contribution in [1.29, 1.82) is 0 Å². The molecule has 0 aliphatic carbocycles. The molecule has 0 spiro atoms. The van der Waals surface area contributed by atoms with Crippen molar-refractivity contribution in [2.45, 2.75) is 321 Å². The fraction of sp³-hybridized carbons (Fsp3) is 0.812. The fourth-order valence-electron chi connectivity index (χ4n) is 9.07. The Bertz CT molecular complexity index is 1220. The van der Waals surface area contributed by atoms with Gasteiger partial charge in [-0.1, -0.05) is 261 Å². The van der Waals surface area contributed by atoms with Crippen molar-refractivity contribution in [3.63, 3.8) is 0 Å². The summed E-state index contributed by atoms with van der Waals surface area (Å²) in [5, 5.41) is 23.2. The lowest BCUT2D eigenvalue weighted by atomic mass is 10.0. The molecule has 2 unspecified atom stereocenters. The number of aliphatic hydroxyl groups is 2. The van der Waals surface area contributed by atoms with Crippen molar-refractivity contribution in [1.82, 2.24) is 5.32 Å². The topological polar surface area (TPSA) is 95.9 Å². The van der Waals surface area contributed by atoms with E-state index in [2.05, 4.69) is 67.8 Å². The van der Waals surface area contributed by atoms with Gasteiger partial charge >= 0.3 is 5.97 Å². The number of ether oxygens (including phenoxy) is 1. The zero-order chi connectivity index (χ0) is 50.7. The van der Waals surface area contributed by atoms with E-state index in [1.165, 1.54) is 193 Å². The minimum atomic E-state index is -0.862. The number of hydrogen-bond acceptors (Lipinski definition) is 5. The van der Waals surface area contributed by atoms with Gasteiger partial charge in [-0.15, -0.1) is 0 Å². The average molecular weight is 981 g/mol. The molecule has 0 aromatic heterocycles. The van der Waals surface area contributed by atoms with Crippen molar-refractivity contribution >= 4 is 11.9 Å². The van der Waals surface area contributed by atoms with E-state index < -0.39 is 12.1 Å². The van der Waals surface area contributed by atoms with Gasteiger partial charge in [-0.2, -0.15) is 0 Å². The molecule has 0 saturated heterocycles. The molecule has 0 radical (unpaired) electrons. The second kappa shape index (κ2) is 59.1. The van der Waals surface area contributed by atoms with E-state index in [0.717, 1.165) is 89.9 Å². The van der Waals surface area contributed by atoms with Crippen LogP contribution in [-0.4, -0.2) is 47.4 Å². The Hall–Kier alpha value is -2.44. The maximum absolute atomic E-state index is 12.5. The lowest BCUT2D eigenvalue weighted by molar-refractivity contribution is -0.143. The van der Waals surface area contributed by atoms with Crippen molar-refractivity contribution in [3.8, 4) is 0 Å². The fourth-order valence-corrected chi connectivity index (χ4v) is 9.07. The highest BCUT2D eigenvalue weighted by atomic mass is 16.5. The number of rotatable bonds is 56. The van der Waals surface area contributed by atoms with E-state index in [1.807, 2.05) is 6.08 Å². The summed E-state index contributed by atoms with van der Waals surface area (Å²) in [5.74, 6) is -0.127. The first-order chi connectivity index (χ1) is 34.5.